The van der Waals surface area contributed by atoms with Crippen molar-refractivity contribution in [2.75, 3.05) is 6.54 Å². The molecule has 0 radical (unpaired) electrons. The van der Waals surface area contributed by atoms with Gasteiger partial charge in [0.1, 0.15) is 0 Å². The van der Waals surface area contributed by atoms with Gasteiger partial charge in [-0.1, -0.05) is 0 Å². The number of nitrogens with one attached hydrogen (secondary N) is 2. The zero-order valence-electron chi connectivity index (χ0n) is 9.54. The van der Waals surface area contributed by atoms with Crippen molar-refractivity contribution in [3.05, 3.63) is 0 Å². The highest BCUT2D eigenvalue weighted by molar-refractivity contribution is 5.78. The van der Waals surface area contributed by atoms with Gasteiger partial charge in [-0.3, -0.25) is 9.59 Å². The zero-order valence-corrected chi connectivity index (χ0v) is 9.54. The lowest BCUT2D eigenvalue weighted by atomic mass is 10.2. The van der Waals surface area contributed by atoms with E-state index < -0.39 is 5.97 Å². The fraction of sp³-hybridized carbons (Fsp3) is 0.800. The first-order chi connectivity index (χ1) is 6.91. The second-order valence-corrected chi connectivity index (χ2v) is 3.94. The maximum Gasteiger partial charge on any atom is 0.303 e. The molecule has 1 unspecified atom stereocenters. The third kappa shape index (κ3) is 9.21. The van der Waals surface area contributed by atoms with Gasteiger partial charge in [0.15, 0.2) is 0 Å². The van der Waals surface area contributed by atoms with Crippen molar-refractivity contribution in [2.24, 2.45) is 0 Å². The molecule has 5 heteroatoms. The van der Waals surface area contributed by atoms with E-state index >= 15 is 0 Å². The Hall–Kier alpha value is -1.10. The number of aliphatic carboxylic acids is 1. The van der Waals surface area contributed by atoms with Crippen LogP contribution in [0.1, 0.15) is 33.6 Å². The Morgan fingerprint density at radius 3 is 2.33 bits per heavy atom. The summed E-state index contributed by atoms with van der Waals surface area (Å²) < 4.78 is 0. The first-order valence-corrected chi connectivity index (χ1v) is 5.16. The largest absolute Gasteiger partial charge is 0.481 e. The average molecular weight is 216 g/mol. The topological polar surface area (TPSA) is 78.4 Å². The summed E-state index contributed by atoms with van der Waals surface area (Å²) in [6, 6.07) is 0.174. The highest BCUT2D eigenvalue weighted by Crippen LogP contribution is 1.95. The van der Waals surface area contributed by atoms with Crippen LogP contribution in [-0.2, 0) is 9.59 Å². The molecule has 3 N–H and O–H groups in total. The van der Waals surface area contributed by atoms with E-state index in [1.54, 1.807) is 0 Å². The maximum atomic E-state index is 11.2. The Balaban J connectivity index is 3.57. The van der Waals surface area contributed by atoms with Gasteiger partial charge in [0.05, 0.1) is 6.54 Å². The Labute approximate surface area is 90.2 Å². The molecule has 0 aliphatic heterocycles. The van der Waals surface area contributed by atoms with Crippen molar-refractivity contribution in [3.63, 3.8) is 0 Å². The third-order valence-electron chi connectivity index (χ3n) is 1.85. The van der Waals surface area contributed by atoms with Gasteiger partial charge in [0, 0.05) is 18.5 Å². The van der Waals surface area contributed by atoms with Crippen molar-refractivity contribution >= 4 is 11.9 Å². The van der Waals surface area contributed by atoms with Gasteiger partial charge in [-0.2, -0.15) is 0 Å². The smallest absolute Gasteiger partial charge is 0.303 e. The van der Waals surface area contributed by atoms with Crippen molar-refractivity contribution in [1.29, 1.82) is 0 Å². The minimum Gasteiger partial charge on any atom is -0.481 e. The molecule has 0 spiro atoms. The summed E-state index contributed by atoms with van der Waals surface area (Å²) in [6.45, 7) is 5.89. The number of carboxylic acid groups (broad SMARTS) is 1. The van der Waals surface area contributed by atoms with Crippen LogP contribution in [0.4, 0.5) is 0 Å². The van der Waals surface area contributed by atoms with E-state index in [4.69, 9.17) is 5.11 Å². The molecule has 0 heterocycles. The number of amides is 1. The van der Waals surface area contributed by atoms with Gasteiger partial charge < -0.3 is 15.7 Å². The molecular formula is C10H20N2O3. The predicted octanol–water partition coefficient (Wildman–Crippen LogP) is 0.354. The van der Waals surface area contributed by atoms with Crippen LogP contribution in [0.3, 0.4) is 0 Å². The average Bonchev–Trinajstić information content (AvgIpc) is 2.10. The van der Waals surface area contributed by atoms with Crippen molar-refractivity contribution < 1.29 is 14.7 Å². The zero-order chi connectivity index (χ0) is 11.8. The lowest BCUT2D eigenvalue weighted by molar-refractivity contribution is -0.137. The summed E-state index contributed by atoms with van der Waals surface area (Å²) in [6.07, 6.45) is 0.657. The van der Waals surface area contributed by atoms with Crippen LogP contribution in [0.2, 0.25) is 0 Å². The van der Waals surface area contributed by atoms with Crippen molar-refractivity contribution in [3.8, 4) is 0 Å². The highest BCUT2D eigenvalue weighted by atomic mass is 16.4. The van der Waals surface area contributed by atoms with Crippen LogP contribution in [-0.4, -0.2) is 35.6 Å². The number of hydrogen-bond acceptors (Lipinski definition) is 3. The first-order valence-electron chi connectivity index (χ1n) is 5.16. The van der Waals surface area contributed by atoms with E-state index in [0.29, 0.717) is 6.42 Å². The number of carboxylic acids is 1. The van der Waals surface area contributed by atoms with Gasteiger partial charge in [0.25, 0.3) is 0 Å². The van der Waals surface area contributed by atoms with E-state index in [2.05, 4.69) is 10.6 Å². The second-order valence-electron chi connectivity index (χ2n) is 3.94. The lowest BCUT2D eigenvalue weighted by Gasteiger charge is -2.13. The minimum atomic E-state index is -0.810. The van der Waals surface area contributed by atoms with E-state index in [9.17, 15) is 9.59 Å². The Kier molecular flexibility index (Phi) is 6.70. The molecule has 0 saturated carbocycles. The third-order valence-corrected chi connectivity index (χ3v) is 1.85. The molecular weight excluding hydrogens is 196 g/mol. The quantitative estimate of drug-likeness (QED) is 0.574. The molecule has 15 heavy (non-hydrogen) atoms. The summed E-state index contributed by atoms with van der Waals surface area (Å²) >= 11 is 0. The van der Waals surface area contributed by atoms with Crippen LogP contribution in [0, 0.1) is 0 Å². The SMILES string of the molecule is CC(C)NC(=O)CNC(C)CCC(=O)O. The van der Waals surface area contributed by atoms with Crippen LogP contribution in [0.25, 0.3) is 0 Å². The first kappa shape index (κ1) is 13.9. The molecule has 0 aromatic carbocycles. The summed E-state index contributed by atoms with van der Waals surface area (Å²) in [7, 11) is 0. The summed E-state index contributed by atoms with van der Waals surface area (Å²) in [4.78, 5) is 21.5. The standard InChI is InChI=1S/C10H20N2O3/c1-7(2)12-9(13)6-11-8(3)4-5-10(14)15/h7-8,11H,4-6H2,1-3H3,(H,12,13)(H,14,15). The molecule has 0 bridgehead atoms. The molecule has 0 aliphatic rings. The van der Waals surface area contributed by atoms with Crippen LogP contribution >= 0.6 is 0 Å². The number of carbonyl (C=O) groups is 2. The van der Waals surface area contributed by atoms with Crippen LogP contribution in [0.15, 0.2) is 0 Å². The molecule has 0 saturated heterocycles. The van der Waals surface area contributed by atoms with Gasteiger partial charge in [-0.05, 0) is 27.2 Å². The molecule has 0 aromatic heterocycles. The molecule has 5 nitrogen and oxygen atoms in total. The molecule has 0 aromatic rings. The summed E-state index contributed by atoms with van der Waals surface area (Å²) in [5.74, 6) is -0.873. The Morgan fingerprint density at radius 1 is 1.27 bits per heavy atom. The van der Waals surface area contributed by atoms with Gasteiger partial charge in [-0.25, -0.2) is 0 Å². The van der Waals surface area contributed by atoms with Crippen molar-refractivity contribution in [2.45, 2.75) is 45.7 Å². The van der Waals surface area contributed by atoms with Crippen LogP contribution < -0.4 is 10.6 Å². The maximum absolute atomic E-state index is 11.2. The minimum absolute atomic E-state index is 0.0408. The van der Waals surface area contributed by atoms with E-state index in [1.165, 1.54) is 0 Å². The number of carbonyl (C=O) groups excluding carboxylic acids is 1. The van der Waals surface area contributed by atoms with Gasteiger partial charge in [0.2, 0.25) is 5.91 Å². The fourth-order valence-electron chi connectivity index (χ4n) is 1.08. The Morgan fingerprint density at radius 2 is 1.87 bits per heavy atom. The number of hydrogen-bond donors (Lipinski definition) is 3. The molecule has 1 amide bonds. The monoisotopic (exact) mass is 216 g/mol. The lowest BCUT2D eigenvalue weighted by Crippen LogP contribution is -2.40. The van der Waals surface area contributed by atoms with Crippen LogP contribution in [0.5, 0.6) is 0 Å². The van der Waals surface area contributed by atoms with E-state index in [1.807, 2.05) is 20.8 Å². The number of rotatable bonds is 7. The Bertz CT molecular complexity index is 217. The summed E-state index contributed by atoms with van der Waals surface area (Å²) in [5.41, 5.74) is 0. The van der Waals surface area contributed by atoms with Crippen molar-refractivity contribution in [1.82, 2.24) is 10.6 Å². The highest BCUT2D eigenvalue weighted by Gasteiger charge is 2.07. The molecule has 1 atom stereocenters. The molecule has 0 aliphatic carbocycles. The molecule has 0 fully saturated rings. The second kappa shape index (κ2) is 7.23. The molecule has 0 rings (SSSR count). The van der Waals surface area contributed by atoms with E-state index in [0.717, 1.165) is 0 Å². The molecule has 88 valence electrons. The van der Waals surface area contributed by atoms with E-state index in [-0.39, 0.29) is 31.0 Å². The predicted molar refractivity (Wildman–Crippen MR) is 57.6 cm³/mol. The normalized spacial score (nSPS) is 12.5. The fourth-order valence-corrected chi connectivity index (χ4v) is 1.08. The van der Waals surface area contributed by atoms with Gasteiger partial charge >= 0.3 is 5.97 Å². The van der Waals surface area contributed by atoms with Gasteiger partial charge in [-0.15, -0.1) is 0 Å². The summed E-state index contributed by atoms with van der Waals surface area (Å²) in [5, 5.41) is 14.2.